The molecule has 3 aliphatic carbocycles. The first-order chi connectivity index (χ1) is 8.93. The fraction of sp³-hybridized carbons (Fsp3) is 1.00. The van der Waals surface area contributed by atoms with Gasteiger partial charge in [0.05, 0.1) is 0 Å². The maximum atomic E-state index is 2.94. The SMILES string of the molecule is C1CCC(CCCN(C2CCCC2)C2CCC2)C1. The van der Waals surface area contributed by atoms with E-state index in [0.717, 1.165) is 18.0 Å². The summed E-state index contributed by atoms with van der Waals surface area (Å²) >= 11 is 0. The molecule has 0 spiro atoms. The van der Waals surface area contributed by atoms with Gasteiger partial charge in [-0.3, -0.25) is 4.90 Å². The van der Waals surface area contributed by atoms with E-state index in [2.05, 4.69) is 4.90 Å². The third-order valence-corrected chi connectivity index (χ3v) is 5.84. The highest BCUT2D eigenvalue weighted by Gasteiger charge is 2.31. The highest BCUT2D eigenvalue weighted by Crippen LogP contribution is 2.34. The molecule has 104 valence electrons. The molecule has 0 saturated heterocycles. The second kappa shape index (κ2) is 6.41. The van der Waals surface area contributed by atoms with Crippen molar-refractivity contribution in [3.05, 3.63) is 0 Å². The Balaban J connectivity index is 1.43. The van der Waals surface area contributed by atoms with Crippen molar-refractivity contribution in [2.75, 3.05) is 6.54 Å². The minimum absolute atomic E-state index is 0.971. The smallest absolute Gasteiger partial charge is 0.00982 e. The van der Waals surface area contributed by atoms with Gasteiger partial charge in [0.15, 0.2) is 0 Å². The molecule has 0 aromatic rings. The lowest BCUT2D eigenvalue weighted by Crippen LogP contribution is -2.46. The van der Waals surface area contributed by atoms with Crippen LogP contribution in [0.15, 0.2) is 0 Å². The van der Waals surface area contributed by atoms with Crippen LogP contribution in [0.3, 0.4) is 0 Å². The summed E-state index contributed by atoms with van der Waals surface area (Å²) in [6.07, 6.45) is 19.6. The second-order valence-corrected chi connectivity index (χ2v) is 7.05. The molecule has 1 nitrogen and oxygen atoms in total. The van der Waals surface area contributed by atoms with Gasteiger partial charge in [-0.2, -0.15) is 0 Å². The van der Waals surface area contributed by atoms with E-state index in [9.17, 15) is 0 Å². The number of hydrogen-bond donors (Lipinski definition) is 0. The van der Waals surface area contributed by atoms with Crippen molar-refractivity contribution in [1.29, 1.82) is 0 Å². The molecule has 0 aromatic heterocycles. The molecule has 0 bridgehead atoms. The molecule has 0 atom stereocenters. The first-order valence-electron chi connectivity index (χ1n) is 8.69. The fourth-order valence-corrected chi connectivity index (χ4v) is 4.48. The zero-order valence-electron chi connectivity index (χ0n) is 12.1. The van der Waals surface area contributed by atoms with Gasteiger partial charge in [0.1, 0.15) is 0 Å². The van der Waals surface area contributed by atoms with Crippen LogP contribution >= 0.6 is 0 Å². The molecule has 0 unspecified atom stereocenters. The minimum atomic E-state index is 0.971. The van der Waals surface area contributed by atoms with E-state index in [1.54, 1.807) is 0 Å². The molecular formula is C17H31N. The van der Waals surface area contributed by atoms with E-state index in [1.165, 1.54) is 90.0 Å². The standard InChI is InChI=1S/C17H31N/c1-2-8-15(7-1)9-6-14-18(17-12-5-13-17)16-10-3-4-11-16/h15-17H,1-14H2. The van der Waals surface area contributed by atoms with Crippen LogP contribution in [-0.4, -0.2) is 23.5 Å². The largest absolute Gasteiger partial charge is 0.297 e. The molecule has 0 amide bonds. The van der Waals surface area contributed by atoms with Gasteiger partial charge in [-0.1, -0.05) is 44.9 Å². The van der Waals surface area contributed by atoms with Crippen LogP contribution in [0.25, 0.3) is 0 Å². The van der Waals surface area contributed by atoms with Crippen LogP contribution in [0.1, 0.15) is 83.5 Å². The van der Waals surface area contributed by atoms with Gasteiger partial charge in [-0.25, -0.2) is 0 Å². The zero-order chi connectivity index (χ0) is 12.2. The van der Waals surface area contributed by atoms with Crippen molar-refractivity contribution in [3.8, 4) is 0 Å². The third kappa shape index (κ3) is 3.10. The van der Waals surface area contributed by atoms with Crippen molar-refractivity contribution in [2.24, 2.45) is 5.92 Å². The first kappa shape index (κ1) is 13.0. The highest BCUT2D eigenvalue weighted by atomic mass is 15.2. The van der Waals surface area contributed by atoms with Gasteiger partial charge in [-0.15, -0.1) is 0 Å². The van der Waals surface area contributed by atoms with E-state index in [-0.39, 0.29) is 0 Å². The minimum Gasteiger partial charge on any atom is -0.297 e. The summed E-state index contributed by atoms with van der Waals surface area (Å²) in [6, 6.07) is 1.95. The average molecular weight is 249 g/mol. The summed E-state index contributed by atoms with van der Waals surface area (Å²) in [5, 5.41) is 0. The molecule has 18 heavy (non-hydrogen) atoms. The highest BCUT2D eigenvalue weighted by molar-refractivity contribution is 4.87. The quantitative estimate of drug-likeness (QED) is 0.656. The van der Waals surface area contributed by atoms with E-state index in [0.29, 0.717) is 0 Å². The molecule has 3 rings (SSSR count). The monoisotopic (exact) mass is 249 g/mol. The summed E-state index contributed by atoms with van der Waals surface area (Å²) in [5.74, 6) is 1.09. The van der Waals surface area contributed by atoms with E-state index >= 15 is 0 Å². The van der Waals surface area contributed by atoms with Crippen LogP contribution in [0, 0.1) is 5.92 Å². The second-order valence-electron chi connectivity index (χ2n) is 7.05. The Kier molecular flexibility index (Phi) is 4.62. The van der Waals surface area contributed by atoms with Gasteiger partial charge >= 0.3 is 0 Å². The molecule has 0 aliphatic heterocycles. The third-order valence-electron chi connectivity index (χ3n) is 5.84. The molecule has 3 saturated carbocycles. The Labute approximate surface area is 113 Å². The maximum absolute atomic E-state index is 2.94. The van der Waals surface area contributed by atoms with Crippen molar-refractivity contribution in [2.45, 2.75) is 95.6 Å². The van der Waals surface area contributed by atoms with Gasteiger partial charge in [0, 0.05) is 12.1 Å². The molecule has 3 aliphatic rings. The van der Waals surface area contributed by atoms with Crippen LogP contribution in [0.2, 0.25) is 0 Å². The van der Waals surface area contributed by atoms with Crippen molar-refractivity contribution < 1.29 is 0 Å². The lowest BCUT2D eigenvalue weighted by atomic mass is 9.89. The van der Waals surface area contributed by atoms with Crippen LogP contribution < -0.4 is 0 Å². The predicted molar refractivity (Wildman–Crippen MR) is 77.8 cm³/mol. The lowest BCUT2D eigenvalue weighted by molar-refractivity contribution is 0.0781. The summed E-state index contributed by atoms with van der Waals surface area (Å²) in [5.41, 5.74) is 0. The van der Waals surface area contributed by atoms with Gasteiger partial charge < -0.3 is 0 Å². The van der Waals surface area contributed by atoms with Crippen LogP contribution in [-0.2, 0) is 0 Å². The number of hydrogen-bond acceptors (Lipinski definition) is 1. The van der Waals surface area contributed by atoms with E-state index in [1.807, 2.05) is 0 Å². The van der Waals surface area contributed by atoms with Gasteiger partial charge in [0.2, 0.25) is 0 Å². The Bertz CT molecular complexity index is 234. The van der Waals surface area contributed by atoms with Crippen molar-refractivity contribution >= 4 is 0 Å². The maximum Gasteiger partial charge on any atom is 0.00982 e. The summed E-state index contributed by atoms with van der Waals surface area (Å²) in [7, 11) is 0. The molecule has 3 fully saturated rings. The Morgan fingerprint density at radius 1 is 0.667 bits per heavy atom. The normalized spacial score (nSPS) is 27.2. The van der Waals surface area contributed by atoms with Crippen molar-refractivity contribution in [3.63, 3.8) is 0 Å². The summed E-state index contributed by atoms with van der Waals surface area (Å²) in [4.78, 5) is 2.94. The molecule has 1 heteroatoms. The van der Waals surface area contributed by atoms with E-state index in [4.69, 9.17) is 0 Å². The average Bonchev–Trinajstić information content (AvgIpc) is 2.98. The van der Waals surface area contributed by atoms with E-state index < -0.39 is 0 Å². The summed E-state index contributed by atoms with van der Waals surface area (Å²) in [6.45, 7) is 1.42. The Morgan fingerprint density at radius 2 is 1.22 bits per heavy atom. The topological polar surface area (TPSA) is 3.24 Å². The molecule has 0 heterocycles. The van der Waals surface area contributed by atoms with Crippen molar-refractivity contribution in [1.82, 2.24) is 4.90 Å². The Morgan fingerprint density at radius 3 is 1.78 bits per heavy atom. The molecule has 0 radical (unpaired) electrons. The fourth-order valence-electron chi connectivity index (χ4n) is 4.48. The number of nitrogens with zero attached hydrogens (tertiary/aromatic N) is 1. The van der Waals surface area contributed by atoms with Crippen LogP contribution in [0.4, 0.5) is 0 Å². The molecular weight excluding hydrogens is 218 g/mol. The van der Waals surface area contributed by atoms with Gasteiger partial charge in [0.25, 0.3) is 0 Å². The zero-order valence-corrected chi connectivity index (χ0v) is 12.1. The predicted octanol–water partition coefficient (Wildman–Crippen LogP) is 4.75. The lowest BCUT2D eigenvalue weighted by Gasteiger charge is -2.41. The first-order valence-corrected chi connectivity index (χ1v) is 8.69. The number of rotatable bonds is 6. The molecule has 0 aromatic carbocycles. The molecule has 0 N–H and O–H groups in total. The Hall–Kier alpha value is -0.0400. The van der Waals surface area contributed by atoms with Crippen LogP contribution in [0.5, 0.6) is 0 Å². The summed E-state index contributed by atoms with van der Waals surface area (Å²) < 4.78 is 0. The van der Waals surface area contributed by atoms with Gasteiger partial charge in [-0.05, 0) is 51.0 Å².